The van der Waals surface area contributed by atoms with Crippen LogP contribution < -0.4 is 10.1 Å². The van der Waals surface area contributed by atoms with Crippen molar-refractivity contribution in [2.45, 2.75) is 70.4 Å². The molecule has 1 fully saturated rings. The minimum Gasteiger partial charge on any atom is -0.496 e. The molecule has 2 heterocycles. The molecule has 1 aromatic carbocycles. The van der Waals surface area contributed by atoms with E-state index in [1.165, 1.54) is 0 Å². The highest BCUT2D eigenvalue weighted by Crippen LogP contribution is 2.59. The fourth-order valence-electron chi connectivity index (χ4n) is 5.35. The van der Waals surface area contributed by atoms with Gasteiger partial charge in [0.15, 0.2) is 0 Å². The molecule has 5 heteroatoms. The van der Waals surface area contributed by atoms with Gasteiger partial charge in [0.05, 0.1) is 29.5 Å². The van der Waals surface area contributed by atoms with Crippen LogP contribution >= 0.6 is 0 Å². The molecule has 140 valence electrons. The van der Waals surface area contributed by atoms with Crippen LogP contribution in [0.3, 0.4) is 0 Å². The molecular weight excluding hydrogens is 328 g/mol. The summed E-state index contributed by atoms with van der Waals surface area (Å²) in [4.78, 5) is 0. The largest absolute Gasteiger partial charge is 0.496 e. The SMILES string of the molecule is COc1cc2c(cc1-c1c(C)noc1C)C1(C)CCCC1(O)C(C)(C)N2. The highest BCUT2D eigenvalue weighted by molar-refractivity contribution is 5.80. The van der Waals surface area contributed by atoms with Crippen LogP contribution in [0.25, 0.3) is 11.1 Å². The third kappa shape index (κ3) is 1.98. The number of rotatable bonds is 2. The van der Waals surface area contributed by atoms with Crippen LogP contribution in [0.1, 0.15) is 57.1 Å². The summed E-state index contributed by atoms with van der Waals surface area (Å²) in [5, 5.41) is 19.4. The number of aliphatic hydroxyl groups is 1. The standard InChI is InChI=1S/C21H28N2O3/c1-12-18(13(2)26-23-12)14-10-15-16(11-17(14)25-6)22-19(3,4)21(24)9-7-8-20(15,21)5/h10-11,22,24H,7-9H2,1-6H3. The Bertz CT molecular complexity index is 866. The first-order valence-electron chi connectivity index (χ1n) is 9.31. The zero-order valence-corrected chi connectivity index (χ0v) is 16.5. The zero-order valence-electron chi connectivity index (χ0n) is 16.5. The zero-order chi connectivity index (χ0) is 18.9. The van der Waals surface area contributed by atoms with E-state index in [9.17, 15) is 5.11 Å². The predicted molar refractivity (Wildman–Crippen MR) is 102 cm³/mol. The molecule has 1 aliphatic carbocycles. The van der Waals surface area contributed by atoms with Gasteiger partial charge in [-0.05, 0) is 58.6 Å². The molecular formula is C21H28N2O3. The maximum atomic E-state index is 11.7. The number of hydrogen-bond donors (Lipinski definition) is 2. The van der Waals surface area contributed by atoms with Gasteiger partial charge in [-0.15, -0.1) is 0 Å². The molecule has 1 aliphatic heterocycles. The lowest BCUT2D eigenvalue weighted by molar-refractivity contribution is -0.0628. The van der Waals surface area contributed by atoms with E-state index >= 15 is 0 Å². The van der Waals surface area contributed by atoms with Gasteiger partial charge in [-0.1, -0.05) is 12.1 Å². The Labute approximate surface area is 154 Å². The molecule has 2 atom stereocenters. The normalized spacial score (nSPS) is 29.0. The average Bonchev–Trinajstić information content (AvgIpc) is 3.08. The lowest BCUT2D eigenvalue weighted by atomic mass is 9.60. The van der Waals surface area contributed by atoms with Gasteiger partial charge < -0.3 is 19.7 Å². The molecule has 2 N–H and O–H groups in total. The third-order valence-corrected chi connectivity index (χ3v) is 6.85. The van der Waals surface area contributed by atoms with Gasteiger partial charge in [0.25, 0.3) is 0 Å². The number of aryl methyl sites for hydroxylation is 2. The topological polar surface area (TPSA) is 67.5 Å². The van der Waals surface area contributed by atoms with Crippen LogP contribution in [0.4, 0.5) is 5.69 Å². The first-order valence-corrected chi connectivity index (χ1v) is 9.31. The molecule has 5 nitrogen and oxygen atoms in total. The number of fused-ring (bicyclic) bond motifs is 3. The van der Waals surface area contributed by atoms with E-state index in [0.29, 0.717) is 0 Å². The molecule has 1 aromatic heterocycles. The summed E-state index contributed by atoms with van der Waals surface area (Å²) in [5.41, 5.74) is 3.45. The fourth-order valence-corrected chi connectivity index (χ4v) is 5.35. The Balaban J connectivity index is 2.01. The summed E-state index contributed by atoms with van der Waals surface area (Å²) in [5.74, 6) is 1.56. The average molecular weight is 356 g/mol. The Morgan fingerprint density at radius 1 is 1.19 bits per heavy atom. The second-order valence-electron chi connectivity index (χ2n) is 8.59. The Morgan fingerprint density at radius 2 is 1.92 bits per heavy atom. The summed E-state index contributed by atoms with van der Waals surface area (Å²) in [7, 11) is 1.69. The maximum Gasteiger partial charge on any atom is 0.141 e. The highest BCUT2D eigenvalue weighted by Gasteiger charge is 2.62. The second kappa shape index (κ2) is 5.26. The molecule has 0 spiro atoms. The van der Waals surface area contributed by atoms with Crippen LogP contribution in [-0.4, -0.2) is 28.5 Å². The van der Waals surface area contributed by atoms with Crippen molar-refractivity contribution in [1.29, 1.82) is 0 Å². The molecule has 0 bridgehead atoms. The number of aromatic nitrogens is 1. The second-order valence-corrected chi connectivity index (χ2v) is 8.59. The summed E-state index contributed by atoms with van der Waals surface area (Å²) in [6.07, 6.45) is 2.79. The van der Waals surface area contributed by atoms with Gasteiger partial charge in [-0.2, -0.15) is 0 Å². The van der Waals surface area contributed by atoms with Crippen molar-refractivity contribution in [3.05, 3.63) is 29.2 Å². The van der Waals surface area contributed by atoms with Crippen molar-refractivity contribution in [2.75, 3.05) is 12.4 Å². The number of benzene rings is 1. The van der Waals surface area contributed by atoms with E-state index in [1.54, 1.807) is 7.11 Å². The van der Waals surface area contributed by atoms with Crippen LogP contribution in [0, 0.1) is 13.8 Å². The van der Waals surface area contributed by atoms with Crippen molar-refractivity contribution < 1.29 is 14.4 Å². The first kappa shape index (κ1) is 17.4. The van der Waals surface area contributed by atoms with E-state index in [2.05, 4.69) is 43.4 Å². The van der Waals surface area contributed by atoms with Crippen LogP contribution in [0.2, 0.25) is 0 Å². The minimum atomic E-state index is -0.794. The van der Waals surface area contributed by atoms with Crippen molar-refractivity contribution in [1.82, 2.24) is 5.16 Å². The Hall–Kier alpha value is -2.01. The number of anilines is 1. The predicted octanol–water partition coefficient (Wildman–Crippen LogP) is 4.34. The molecule has 0 amide bonds. The van der Waals surface area contributed by atoms with Gasteiger partial charge in [0.1, 0.15) is 11.5 Å². The quantitative estimate of drug-likeness (QED) is 0.838. The number of hydrogen-bond acceptors (Lipinski definition) is 5. The lowest BCUT2D eigenvalue weighted by Gasteiger charge is -2.55. The number of nitrogens with one attached hydrogen (secondary N) is 1. The van der Waals surface area contributed by atoms with Crippen molar-refractivity contribution in [3.8, 4) is 16.9 Å². The fraction of sp³-hybridized carbons (Fsp3) is 0.571. The summed E-state index contributed by atoms with van der Waals surface area (Å²) in [6, 6.07) is 4.22. The van der Waals surface area contributed by atoms with Gasteiger partial charge in [-0.3, -0.25) is 0 Å². The number of methoxy groups -OCH3 is 1. The Morgan fingerprint density at radius 3 is 2.54 bits per heavy atom. The van der Waals surface area contributed by atoms with Crippen LogP contribution in [0.5, 0.6) is 5.75 Å². The maximum absolute atomic E-state index is 11.7. The van der Waals surface area contributed by atoms with Crippen molar-refractivity contribution >= 4 is 5.69 Å². The molecule has 4 rings (SSSR count). The van der Waals surface area contributed by atoms with Gasteiger partial charge >= 0.3 is 0 Å². The molecule has 0 saturated heterocycles. The Kier molecular flexibility index (Phi) is 3.52. The minimum absolute atomic E-state index is 0.308. The smallest absolute Gasteiger partial charge is 0.141 e. The van der Waals surface area contributed by atoms with Gasteiger partial charge in [-0.25, -0.2) is 0 Å². The highest BCUT2D eigenvalue weighted by atomic mass is 16.5. The molecule has 0 radical (unpaired) electrons. The molecule has 1 saturated carbocycles. The van der Waals surface area contributed by atoms with Crippen LogP contribution in [0.15, 0.2) is 16.7 Å². The van der Waals surface area contributed by atoms with E-state index in [0.717, 1.165) is 58.8 Å². The number of ether oxygens (including phenoxy) is 1. The van der Waals surface area contributed by atoms with Crippen molar-refractivity contribution in [2.24, 2.45) is 0 Å². The van der Waals surface area contributed by atoms with E-state index in [-0.39, 0.29) is 5.41 Å². The van der Waals surface area contributed by atoms with E-state index < -0.39 is 11.1 Å². The van der Waals surface area contributed by atoms with Crippen molar-refractivity contribution in [3.63, 3.8) is 0 Å². The van der Waals surface area contributed by atoms with Crippen LogP contribution in [-0.2, 0) is 5.41 Å². The summed E-state index contributed by atoms with van der Waals surface area (Å²) < 4.78 is 11.1. The molecule has 26 heavy (non-hydrogen) atoms. The summed E-state index contributed by atoms with van der Waals surface area (Å²) >= 11 is 0. The van der Waals surface area contributed by atoms with Gasteiger partial charge in [0, 0.05) is 22.7 Å². The molecule has 2 unspecified atom stereocenters. The third-order valence-electron chi connectivity index (χ3n) is 6.85. The lowest BCUT2D eigenvalue weighted by Crippen LogP contribution is -2.65. The molecule has 2 aromatic rings. The van der Waals surface area contributed by atoms with E-state index in [4.69, 9.17) is 9.26 Å². The summed E-state index contributed by atoms with van der Waals surface area (Å²) in [6.45, 7) is 10.2. The monoisotopic (exact) mass is 356 g/mol. The van der Waals surface area contributed by atoms with Gasteiger partial charge in [0.2, 0.25) is 0 Å². The first-order chi connectivity index (χ1) is 12.1. The molecule has 2 aliphatic rings. The number of nitrogens with zero attached hydrogens (tertiary/aromatic N) is 1. The van der Waals surface area contributed by atoms with E-state index in [1.807, 2.05) is 13.8 Å².